The van der Waals surface area contributed by atoms with Crippen LogP contribution in [0.5, 0.6) is 0 Å². The zero-order valence-electron chi connectivity index (χ0n) is 12.0. The third-order valence-electron chi connectivity index (χ3n) is 3.31. The molecule has 3 nitrogen and oxygen atoms in total. The van der Waals surface area contributed by atoms with E-state index in [1.165, 1.54) is 17.4 Å². The monoisotopic (exact) mass is 391 g/mol. The molecule has 0 saturated carbocycles. The number of carbonyl (C=O) groups excluding carboxylic acids is 2. The minimum absolute atomic E-state index is 0.00341. The van der Waals surface area contributed by atoms with Crippen LogP contribution in [0.25, 0.3) is 6.08 Å². The van der Waals surface area contributed by atoms with Crippen LogP contribution in [-0.4, -0.2) is 16.0 Å². The van der Waals surface area contributed by atoms with Crippen molar-refractivity contribution in [3.05, 3.63) is 61.9 Å². The van der Waals surface area contributed by atoms with Gasteiger partial charge in [0, 0.05) is 10.4 Å². The molecule has 0 unspecified atom stereocenters. The van der Waals surface area contributed by atoms with Gasteiger partial charge >= 0.3 is 0 Å². The van der Waals surface area contributed by atoms with Crippen LogP contribution in [-0.2, 0) is 11.3 Å². The van der Waals surface area contributed by atoms with Crippen molar-refractivity contribution in [3.8, 4) is 0 Å². The first kappa shape index (κ1) is 17.6. The number of nitrogens with zero attached hydrogens (tertiary/aromatic N) is 1. The summed E-state index contributed by atoms with van der Waals surface area (Å²) in [6.07, 6.45) is 1.41. The molecule has 25 heavy (non-hydrogen) atoms. The Hall–Kier alpha value is -2.20. The van der Waals surface area contributed by atoms with Crippen LogP contribution in [0, 0.1) is 29.1 Å². The molecule has 2 aromatic rings. The standard InChI is InChI=1S/C15H6F5NO2S2/c16-9-7(10(17)12(19)13(20)11(9)18)5-21-14(22)8(25-15(21)23)4-6-2-1-3-24-6/h1-4H,5H2/b8-4+. The lowest BCUT2D eigenvalue weighted by Crippen LogP contribution is -2.29. The van der Waals surface area contributed by atoms with Crippen molar-refractivity contribution < 1.29 is 31.5 Å². The fraction of sp³-hybridized carbons (Fsp3) is 0.0667. The lowest BCUT2D eigenvalue weighted by Gasteiger charge is -2.14. The van der Waals surface area contributed by atoms with E-state index in [4.69, 9.17) is 0 Å². The van der Waals surface area contributed by atoms with E-state index in [-0.39, 0.29) is 4.91 Å². The molecule has 0 bridgehead atoms. The molecule has 0 radical (unpaired) electrons. The highest BCUT2D eigenvalue weighted by atomic mass is 32.2. The Morgan fingerprint density at radius 3 is 2.12 bits per heavy atom. The quantitative estimate of drug-likeness (QED) is 0.330. The number of amides is 2. The summed E-state index contributed by atoms with van der Waals surface area (Å²) in [6.45, 7) is -1.06. The van der Waals surface area contributed by atoms with Gasteiger partial charge in [-0.3, -0.25) is 14.5 Å². The number of benzene rings is 1. The van der Waals surface area contributed by atoms with E-state index in [0.717, 1.165) is 0 Å². The summed E-state index contributed by atoms with van der Waals surface area (Å²) in [5.41, 5.74) is -1.24. The van der Waals surface area contributed by atoms with Crippen molar-refractivity contribution in [2.24, 2.45) is 0 Å². The third-order valence-corrected chi connectivity index (χ3v) is 5.03. The molecule has 1 saturated heterocycles. The zero-order valence-corrected chi connectivity index (χ0v) is 13.6. The van der Waals surface area contributed by atoms with Crippen molar-refractivity contribution >= 4 is 40.3 Å². The summed E-state index contributed by atoms with van der Waals surface area (Å²) in [7, 11) is 0. The van der Waals surface area contributed by atoms with E-state index in [9.17, 15) is 31.5 Å². The Morgan fingerprint density at radius 2 is 1.56 bits per heavy atom. The molecular formula is C15H6F5NO2S2. The third kappa shape index (κ3) is 3.07. The first-order chi connectivity index (χ1) is 11.8. The first-order valence-electron chi connectivity index (χ1n) is 6.60. The second-order valence-corrected chi connectivity index (χ2v) is 6.80. The van der Waals surface area contributed by atoms with E-state index in [0.29, 0.717) is 21.5 Å². The number of halogens is 5. The summed E-state index contributed by atoms with van der Waals surface area (Å²) >= 11 is 1.82. The van der Waals surface area contributed by atoms with Gasteiger partial charge in [0.05, 0.1) is 11.4 Å². The summed E-state index contributed by atoms with van der Waals surface area (Å²) in [4.78, 5) is 25.2. The predicted octanol–water partition coefficient (Wildman–Crippen LogP) is 4.68. The summed E-state index contributed by atoms with van der Waals surface area (Å²) in [5, 5.41) is 0.877. The number of thioether (sulfide) groups is 1. The van der Waals surface area contributed by atoms with E-state index in [1.54, 1.807) is 17.5 Å². The average molecular weight is 391 g/mol. The van der Waals surface area contributed by atoms with Gasteiger partial charge in [0.1, 0.15) is 0 Å². The largest absolute Gasteiger partial charge is 0.293 e. The highest BCUT2D eigenvalue weighted by Crippen LogP contribution is 2.35. The molecule has 10 heteroatoms. The van der Waals surface area contributed by atoms with Crippen molar-refractivity contribution in [2.45, 2.75) is 6.54 Å². The Morgan fingerprint density at radius 1 is 0.960 bits per heavy atom. The summed E-state index contributed by atoms with van der Waals surface area (Å²) in [6, 6.07) is 3.40. The van der Waals surface area contributed by atoms with Crippen molar-refractivity contribution in [1.82, 2.24) is 4.90 Å². The number of hydrogen-bond donors (Lipinski definition) is 0. The van der Waals surface area contributed by atoms with Gasteiger partial charge in [0.2, 0.25) is 5.82 Å². The number of thiophene rings is 1. The topological polar surface area (TPSA) is 37.4 Å². The first-order valence-corrected chi connectivity index (χ1v) is 8.30. The predicted molar refractivity (Wildman–Crippen MR) is 82.1 cm³/mol. The Kier molecular flexibility index (Phi) is 4.65. The fourth-order valence-electron chi connectivity index (χ4n) is 2.09. The molecule has 2 heterocycles. The molecule has 0 aliphatic carbocycles. The van der Waals surface area contributed by atoms with Gasteiger partial charge in [-0.25, -0.2) is 22.0 Å². The van der Waals surface area contributed by atoms with Crippen molar-refractivity contribution in [3.63, 3.8) is 0 Å². The molecule has 0 N–H and O–H groups in total. The molecule has 1 aliphatic heterocycles. The summed E-state index contributed by atoms with van der Waals surface area (Å²) < 4.78 is 67.0. The van der Waals surface area contributed by atoms with Crippen LogP contribution in [0.2, 0.25) is 0 Å². The molecule has 130 valence electrons. The SMILES string of the molecule is O=C1S/C(=C/c2cccs2)C(=O)N1Cc1c(F)c(F)c(F)c(F)c1F. The molecule has 1 aromatic carbocycles. The lowest BCUT2D eigenvalue weighted by molar-refractivity contribution is -0.123. The maximum Gasteiger partial charge on any atom is 0.293 e. The molecular weight excluding hydrogens is 385 g/mol. The highest BCUT2D eigenvalue weighted by Gasteiger charge is 2.37. The van der Waals surface area contributed by atoms with Crippen molar-refractivity contribution in [2.75, 3.05) is 0 Å². The van der Waals surface area contributed by atoms with Crippen molar-refractivity contribution in [1.29, 1.82) is 0 Å². The molecule has 3 rings (SSSR count). The second kappa shape index (κ2) is 6.60. The van der Waals surface area contributed by atoms with Crippen LogP contribution < -0.4 is 0 Å². The number of imide groups is 1. The minimum Gasteiger partial charge on any atom is -0.268 e. The number of carbonyl (C=O) groups is 2. The Labute approximate surface area is 145 Å². The molecule has 2 amide bonds. The van der Waals surface area contributed by atoms with Gasteiger partial charge in [-0.05, 0) is 29.3 Å². The van der Waals surface area contributed by atoms with E-state index >= 15 is 0 Å². The molecule has 0 spiro atoms. The van der Waals surface area contributed by atoms with Gasteiger partial charge < -0.3 is 0 Å². The molecule has 1 fully saturated rings. The number of rotatable bonds is 3. The van der Waals surface area contributed by atoms with E-state index < -0.39 is 52.3 Å². The Balaban J connectivity index is 1.94. The zero-order chi connectivity index (χ0) is 18.3. The normalized spacial score (nSPS) is 16.4. The second-order valence-electron chi connectivity index (χ2n) is 4.83. The van der Waals surface area contributed by atoms with Gasteiger partial charge in [-0.1, -0.05) is 6.07 Å². The van der Waals surface area contributed by atoms with Gasteiger partial charge in [-0.15, -0.1) is 11.3 Å². The van der Waals surface area contributed by atoms with Gasteiger partial charge in [-0.2, -0.15) is 0 Å². The maximum absolute atomic E-state index is 13.7. The van der Waals surface area contributed by atoms with Crippen LogP contribution in [0.3, 0.4) is 0 Å². The summed E-state index contributed by atoms with van der Waals surface area (Å²) in [5.74, 6) is -11.6. The van der Waals surface area contributed by atoms with Gasteiger partial charge in [0.25, 0.3) is 11.1 Å². The average Bonchev–Trinajstić information content (AvgIpc) is 3.18. The van der Waals surface area contributed by atoms with Crippen LogP contribution in [0.15, 0.2) is 22.4 Å². The van der Waals surface area contributed by atoms with Crippen LogP contribution in [0.4, 0.5) is 26.7 Å². The molecule has 0 atom stereocenters. The van der Waals surface area contributed by atoms with Gasteiger partial charge in [0.15, 0.2) is 23.3 Å². The lowest BCUT2D eigenvalue weighted by atomic mass is 10.1. The van der Waals surface area contributed by atoms with Crippen LogP contribution >= 0.6 is 23.1 Å². The van der Waals surface area contributed by atoms with E-state index in [2.05, 4.69) is 0 Å². The smallest absolute Gasteiger partial charge is 0.268 e. The minimum atomic E-state index is -2.30. The molecule has 1 aliphatic rings. The van der Waals surface area contributed by atoms with E-state index in [1.807, 2.05) is 0 Å². The Bertz CT molecular complexity index is 882. The fourth-order valence-corrected chi connectivity index (χ4v) is 3.65. The maximum atomic E-state index is 13.7. The van der Waals surface area contributed by atoms with Crippen LogP contribution in [0.1, 0.15) is 10.4 Å². The highest BCUT2D eigenvalue weighted by molar-refractivity contribution is 8.18. The number of hydrogen-bond acceptors (Lipinski definition) is 4. The molecule has 1 aromatic heterocycles.